The van der Waals surface area contributed by atoms with Crippen LogP contribution in [0.5, 0.6) is 0 Å². The summed E-state index contributed by atoms with van der Waals surface area (Å²) in [6.07, 6.45) is 3.28. The average Bonchev–Trinajstić information content (AvgIpc) is 2.26. The normalized spacial score (nSPS) is 10.5. The van der Waals surface area contributed by atoms with Crippen LogP contribution in [0.25, 0.3) is 0 Å². The van der Waals surface area contributed by atoms with E-state index in [9.17, 15) is 9.59 Å². The van der Waals surface area contributed by atoms with Gasteiger partial charge >= 0.3 is 5.97 Å². The molecule has 106 valence electrons. The van der Waals surface area contributed by atoms with E-state index in [1.807, 2.05) is 18.7 Å². The number of carbonyl (C=O) groups excluding carboxylic acids is 2. The first-order valence-corrected chi connectivity index (χ1v) is 6.88. The average molecular weight is 257 g/mol. The molecule has 0 fully saturated rings. The van der Waals surface area contributed by atoms with Gasteiger partial charge in [0.2, 0.25) is 5.91 Å². The molecular weight excluding hydrogens is 230 g/mol. The Balaban J connectivity index is 3.72. The second kappa shape index (κ2) is 9.92. The van der Waals surface area contributed by atoms with Gasteiger partial charge in [0.25, 0.3) is 0 Å². The van der Waals surface area contributed by atoms with Crippen LogP contribution in [-0.2, 0) is 14.3 Å². The van der Waals surface area contributed by atoms with Crippen molar-refractivity contribution in [3.63, 3.8) is 0 Å². The summed E-state index contributed by atoms with van der Waals surface area (Å²) in [5, 5.41) is 0. The van der Waals surface area contributed by atoms with Crippen molar-refractivity contribution in [1.82, 2.24) is 4.90 Å². The molecule has 4 nitrogen and oxygen atoms in total. The molecule has 0 aliphatic carbocycles. The fourth-order valence-corrected chi connectivity index (χ4v) is 1.61. The standard InChI is InChI=1S/C14H27NO3/c1-5-6-8-15(13(4)16)9-7-10-18-14(17)11-12(2)3/h12H,5-11H2,1-4H3. The van der Waals surface area contributed by atoms with Crippen molar-refractivity contribution < 1.29 is 14.3 Å². The maximum atomic E-state index is 11.3. The molecule has 18 heavy (non-hydrogen) atoms. The summed E-state index contributed by atoms with van der Waals surface area (Å²) < 4.78 is 5.11. The zero-order valence-electron chi connectivity index (χ0n) is 12.2. The van der Waals surface area contributed by atoms with Crippen molar-refractivity contribution >= 4 is 11.9 Å². The SMILES string of the molecule is CCCCN(CCCOC(=O)CC(C)C)C(C)=O. The Kier molecular flexibility index (Phi) is 9.33. The number of ether oxygens (including phenoxy) is 1. The lowest BCUT2D eigenvalue weighted by atomic mass is 10.1. The Labute approximate surface area is 111 Å². The molecule has 1 amide bonds. The zero-order chi connectivity index (χ0) is 14.0. The zero-order valence-corrected chi connectivity index (χ0v) is 12.2. The first kappa shape index (κ1) is 16.9. The molecule has 0 saturated heterocycles. The Morgan fingerprint density at radius 2 is 1.78 bits per heavy atom. The third kappa shape index (κ3) is 9.02. The molecule has 0 aromatic rings. The second-order valence-corrected chi connectivity index (χ2v) is 5.03. The Morgan fingerprint density at radius 3 is 2.28 bits per heavy atom. The number of carbonyl (C=O) groups is 2. The highest BCUT2D eigenvalue weighted by Gasteiger charge is 2.09. The van der Waals surface area contributed by atoms with Crippen molar-refractivity contribution in [1.29, 1.82) is 0 Å². The van der Waals surface area contributed by atoms with Crippen LogP contribution in [0.4, 0.5) is 0 Å². The maximum absolute atomic E-state index is 11.3. The molecule has 0 unspecified atom stereocenters. The summed E-state index contributed by atoms with van der Waals surface area (Å²) in [5.41, 5.74) is 0. The molecule has 4 heteroatoms. The minimum atomic E-state index is -0.145. The number of nitrogens with zero attached hydrogens (tertiary/aromatic N) is 1. The highest BCUT2D eigenvalue weighted by atomic mass is 16.5. The molecule has 0 heterocycles. The van der Waals surface area contributed by atoms with Crippen LogP contribution in [0.1, 0.15) is 53.4 Å². The van der Waals surface area contributed by atoms with E-state index in [1.54, 1.807) is 6.92 Å². The minimum absolute atomic E-state index is 0.0944. The van der Waals surface area contributed by atoms with Crippen LogP contribution >= 0.6 is 0 Å². The first-order chi connectivity index (χ1) is 8.47. The largest absolute Gasteiger partial charge is 0.466 e. The number of hydrogen-bond acceptors (Lipinski definition) is 3. The molecule has 0 N–H and O–H groups in total. The summed E-state index contributed by atoms with van der Waals surface area (Å²) in [6.45, 7) is 9.54. The fourth-order valence-electron chi connectivity index (χ4n) is 1.61. The number of unbranched alkanes of at least 4 members (excludes halogenated alkanes) is 1. The van der Waals surface area contributed by atoms with Gasteiger partial charge in [0, 0.05) is 26.4 Å². The fraction of sp³-hybridized carbons (Fsp3) is 0.857. The van der Waals surface area contributed by atoms with E-state index < -0.39 is 0 Å². The number of hydrogen-bond donors (Lipinski definition) is 0. The molecule has 0 spiro atoms. The van der Waals surface area contributed by atoms with Crippen LogP contribution in [0.3, 0.4) is 0 Å². The second-order valence-electron chi connectivity index (χ2n) is 5.03. The molecule has 0 bridgehead atoms. The molecule has 0 rings (SSSR count). The van der Waals surface area contributed by atoms with Crippen LogP contribution in [0.2, 0.25) is 0 Å². The molecule has 0 aromatic heterocycles. The van der Waals surface area contributed by atoms with Crippen LogP contribution in [-0.4, -0.2) is 36.5 Å². The third-order valence-corrected chi connectivity index (χ3v) is 2.64. The monoisotopic (exact) mass is 257 g/mol. The highest BCUT2D eigenvalue weighted by Crippen LogP contribution is 2.02. The topological polar surface area (TPSA) is 46.6 Å². The van der Waals surface area contributed by atoms with Gasteiger partial charge in [0.1, 0.15) is 0 Å². The number of amides is 1. The van der Waals surface area contributed by atoms with Gasteiger partial charge in [-0.3, -0.25) is 9.59 Å². The quantitative estimate of drug-likeness (QED) is 0.471. The van der Waals surface area contributed by atoms with Gasteiger partial charge in [0.15, 0.2) is 0 Å². The van der Waals surface area contributed by atoms with Gasteiger partial charge < -0.3 is 9.64 Å². The predicted octanol–water partition coefficient (Wildman–Crippen LogP) is 2.61. The van der Waals surface area contributed by atoms with E-state index in [0.29, 0.717) is 31.9 Å². The van der Waals surface area contributed by atoms with Crippen molar-refractivity contribution in [2.45, 2.75) is 53.4 Å². The van der Waals surface area contributed by atoms with Gasteiger partial charge in [-0.15, -0.1) is 0 Å². The molecule has 0 radical (unpaired) electrons. The van der Waals surface area contributed by atoms with Crippen LogP contribution < -0.4 is 0 Å². The maximum Gasteiger partial charge on any atom is 0.306 e. The Bertz CT molecular complexity index is 251. The van der Waals surface area contributed by atoms with Crippen LogP contribution in [0, 0.1) is 5.92 Å². The van der Waals surface area contributed by atoms with E-state index in [-0.39, 0.29) is 11.9 Å². The molecule has 0 saturated carbocycles. The molecule has 0 aliphatic heterocycles. The minimum Gasteiger partial charge on any atom is -0.466 e. The molecular formula is C14H27NO3. The van der Waals surface area contributed by atoms with E-state index in [1.165, 1.54) is 0 Å². The number of esters is 1. The lowest BCUT2D eigenvalue weighted by molar-refractivity contribution is -0.144. The van der Waals surface area contributed by atoms with Gasteiger partial charge in [-0.1, -0.05) is 27.2 Å². The van der Waals surface area contributed by atoms with Crippen molar-refractivity contribution in [2.75, 3.05) is 19.7 Å². The molecule has 0 aromatic carbocycles. The van der Waals surface area contributed by atoms with E-state index in [4.69, 9.17) is 4.74 Å². The summed E-state index contributed by atoms with van der Waals surface area (Å²) in [4.78, 5) is 24.5. The first-order valence-electron chi connectivity index (χ1n) is 6.88. The Hall–Kier alpha value is -1.06. The van der Waals surface area contributed by atoms with Crippen LogP contribution in [0.15, 0.2) is 0 Å². The van der Waals surface area contributed by atoms with Gasteiger partial charge in [-0.05, 0) is 18.8 Å². The summed E-state index contributed by atoms with van der Waals surface area (Å²) in [5.74, 6) is 0.278. The van der Waals surface area contributed by atoms with Gasteiger partial charge in [-0.2, -0.15) is 0 Å². The Morgan fingerprint density at radius 1 is 1.17 bits per heavy atom. The molecule has 0 atom stereocenters. The predicted molar refractivity (Wildman–Crippen MR) is 72.2 cm³/mol. The summed E-state index contributed by atoms with van der Waals surface area (Å²) in [6, 6.07) is 0. The third-order valence-electron chi connectivity index (χ3n) is 2.64. The van der Waals surface area contributed by atoms with Crippen molar-refractivity contribution in [3.05, 3.63) is 0 Å². The van der Waals surface area contributed by atoms with Crippen molar-refractivity contribution in [3.8, 4) is 0 Å². The summed E-state index contributed by atoms with van der Waals surface area (Å²) >= 11 is 0. The van der Waals surface area contributed by atoms with E-state index in [0.717, 1.165) is 19.4 Å². The smallest absolute Gasteiger partial charge is 0.306 e. The van der Waals surface area contributed by atoms with Gasteiger partial charge in [-0.25, -0.2) is 0 Å². The van der Waals surface area contributed by atoms with E-state index in [2.05, 4.69) is 6.92 Å². The van der Waals surface area contributed by atoms with Crippen molar-refractivity contribution in [2.24, 2.45) is 5.92 Å². The lowest BCUT2D eigenvalue weighted by Crippen LogP contribution is -2.31. The van der Waals surface area contributed by atoms with Gasteiger partial charge in [0.05, 0.1) is 6.61 Å². The lowest BCUT2D eigenvalue weighted by Gasteiger charge is -2.20. The highest BCUT2D eigenvalue weighted by molar-refractivity contribution is 5.73. The van der Waals surface area contributed by atoms with E-state index >= 15 is 0 Å². The number of rotatable bonds is 9. The summed E-state index contributed by atoms with van der Waals surface area (Å²) in [7, 11) is 0. The molecule has 0 aliphatic rings.